The maximum Gasteiger partial charge on any atom is 0.339 e. The topological polar surface area (TPSA) is 92.6 Å². The van der Waals surface area contributed by atoms with E-state index in [9.17, 15) is 9.59 Å². The minimum Gasteiger partial charge on any atom is -0.462 e. The first-order chi connectivity index (χ1) is 16.1. The lowest BCUT2D eigenvalue weighted by atomic mass is 10.2. The Morgan fingerprint density at radius 3 is 2.76 bits per heavy atom. The zero-order chi connectivity index (χ0) is 23.0. The average Bonchev–Trinajstić information content (AvgIpc) is 3.20. The molecule has 0 spiro atoms. The molecule has 1 fully saturated rings. The molecule has 3 heterocycles. The molecule has 9 heteroatoms. The molecule has 2 amide bonds. The number of urea groups is 1. The highest BCUT2D eigenvalue weighted by atomic mass is 16.5. The van der Waals surface area contributed by atoms with Gasteiger partial charge in [0.15, 0.2) is 0 Å². The molecule has 9 nitrogen and oxygen atoms in total. The minimum atomic E-state index is -0.371. The number of anilines is 2. The number of hydrogen-bond acceptors (Lipinski definition) is 6. The van der Waals surface area contributed by atoms with Crippen molar-refractivity contribution in [3.8, 4) is 0 Å². The molecule has 1 N–H and O–H groups in total. The fourth-order valence-corrected chi connectivity index (χ4v) is 3.79. The smallest absolute Gasteiger partial charge is 0.339 e. The van der Waals surface area contributed by atoms with Crippen molar-refractivity contribution >= 4 is 23.5 Å². The lowest BCUT2D eigenvalue weighted by molar-refractivity contribution is 0.0526. The molecule has 0 bridgehead atoms. The third kappa shape index (κ3) is 5.88. The molecule has 0 saturated carbocycles. The van der Waals surface area contributed by atoms with E-state index in [0.29, 0.717) is 38.3 Å². The van der Waals surface area contributed by atoms with E-state index >= 15 is 0 Å². The molecule has 1 aromatic carbocycles. The summed E-state index contributed by atoms with van der Waals surface area (Å²) in [5.74, 6) is 0.417. The molecule has 1 aliphatic heterocycles. The van der Waals surface area contributed by atoms with Crippen LogP contribution in [0.25, 0.3) is 0 Å². The molecule has 1 aliphatic rings. The number of esters is 1. The maximum atomic E-state index is 12.9. The van der Waals surface area contributed by atoms with Gasteiger partial charge in [-0.25, -0.2) is 14.6 Å². The molecule has 3 aromatic rings. The number of nitrogens with one attached hydrogen (secondary N) is 1. The first-order valence-corrected chi connectivity index (χ1v) is 11.1. The second-order valence-electron chi connectivity index (χ2n) is 7.79. The van der Waals surface area contributed by atoms with Crippen LogP contribution in [0, 0.1) is 0 Å². The van der Waals surface area contributed by atoms with Gasteiger partial charge in [0.1, 0.15) is 5.82 Å². The predicted octanol–water partition coefficient (Wildman–Crippen LogP) is 3.25. The number of aromatic nitrogens is 3. The monoisotopic (exact) mass is 448 g/mol. The van der Waals surface area contributed by atoms with Crippen LogP contribution >= 0.6 is 0 Å². The molecule has 1 saturated heterocycles. The van der Waals surface area contributed by atoms with Gasteiger partial charge in [0.25, 0.3) is 0 Å². The van der Waals surface area contributed by atoms with Crippen molar-refractivity contribution in [2.45, 2.75) is 19.9 Å². The lowest BCUT2D eigenvalue weighted by Gasteiger charge is -2.23. The summed E-state index contributed by atoms with van der Waals surface area (Å²) in [7, 11) is 0. The summed E-state index contributed by atoms with van der Waals surface area (Å²) in [6, 6.07) is 13.1. The van der Waals surface area contributed by atoms with Gasteiger partial charge in [0.2, 0.25) is 0 Å². The van der Waals surface area contributed by atoms with Gasteiger partial charge in [-0.3, -0.25) is 4.68 Å². The van der Waals surface area contributed by atoms with Gasteiger partial charge in [0.05, 0.1) is 18.7 Å². The highest BCUT2D eigenvalue weighted by Crippen LogP contribution is 2.17. The van der Waals surface area contributed by atoms with E-state index in [1.165, 1.54) is 0 Å². The first-order valence-electron chi connectivity index (χ1n) is 11.1. The summed E-state index contributed by atoms with van der Waals surface area (Å²) in [4.78, 5) is 33.1. The van der Waals surface area contributed by atoms with Crippen LogP contribution in [0.4, 0.5) is 16.3 Å². The van der Waals surface area contributed by atoms with Crippen LogP contribution in [-0.4, -0.2) is 64.5 Å². The zero-order valence-corrected chi connectivity index (χ0v) is 18.7. The molecule has 2 aromatic heterocycles. The second-order valence-corrected chi connectivity index (χ2v) is 7.79. The third-order valence-corrected chi connectivity index (χ3v) is 5.45. The molecule has 0 aliphatic carbocycles. The Kier molecular flexibility index (Phi) is 7.19. The van der Waals surface area contributed by atoms with Crippen molar-refractivity contribution < 1.29 is 14.3 Å². The van der Waals surface area contributed by atoms with Crippen molar-refractivity contribution in [1.82, 2.24) is 19.7 Å². The van der Waals surface area contributed by atoms with Crippen molar-refractivity contribution in [2.24, 2.45) is 0 Å². The lowest BCUT2D eigenvalue weighted by Crippen LogP contribution is -2.38. The van der Waals surface area contributed by atoms with Gasteiger partial charge in [-0.05, 0) is 49.2 Å². The number of ether oxygens (including phenoxy) is 1. The summed E-state index contributed by atoms with van der Waals surface area (Å²) in [5.41, 5.74) is 2.27. The Morgan fingerprint density at radius 1 is 1.09 bits per heavy atom. The predicted molar refractivity (Wildman–Crippen MR) is 125 cm³/mol. The molecule has 4 rings (SSSR count). The van der Waals surface area contributed by atoms with Crippen molar-refractivity contribution in [2.75, 3.05) is 43.0 Å². The van der Waals surface area contributed by atoms with Crippen LogP contribution in [0.2, 0.25) is 0 Å². The van der Waals surface area contributed by atoms with Gasteiger partial charge in [-0.2, -0.15) is 5.10 Å². The summed E-state index contributed by atoms with van der Waals surface area (Å²) >= 11 is 0. The number of rotatable bonds is 6. The summed E-state index contributed by atoms with van der Waals surface area (Å²) in [6.45, 7) is 5.46. The summed E-state index contributed by atoms with van der Waals surface area (Å²) in [6.07, 6.45) is 6.03. The van der Waals surface area contributed by atoms with Crippen molar-refractivity contribution in [3.05, 3.63) is 72.2 Å². The third-order valence-electron chi connectivity index (χ3n) is 5.45. The maximum absolute atomic E-state index is 12.9. The molecule has 0 radical (unpaired) electrons. The van der Waals surface area contributed by atoms with Crippen LogP contribution in [0.15, 0.2) is 61.1 Å². The Hall–Kier alpha value is -3.88. The van der Waals surface area contributed by atoms with Gasteiger partial charge < -0.3 is 19.9 Å². The number of hydrogen-bond donors (Lipinski definition) is 1. The van der Waals surface area contributed by atoms with E-state index in [-0.39, 0.29) is 12.0 Å². The fraction of sp³-hybridized carbons (Fsp3) is 0.333. The van der Waals surface area contributed by atoms with Gasteiger partial charge >= 0.3 is 12.0 Å². The molecular formula is C24H28N6O3. The summed E-state index contributed by atoms with van der Waals surface area (Å²) in [5, 5.41) is 7.25. The van der Waals surface area contributed by atoms with Gasteiger partial charge in [-0.15, -0.1) is 0 Å². The van der Waals surface area contributed by atoms with E-state index in [2.05, 4.69) is 20.3 Å². The van der Waals surface area contributed by atoms with Gasteiger partial charge in [0, 0.05) is 50.5 Å². The van der Waals surface area contributed by atoms with Crippen LogP contribution in [0.5, 0.6) is 0 Å². The highest BCUT2D eigenvalue weighted by Gasteiger charge is 2.20. The Morgan fingerprint density at radius 2 is 2.00 bits per heavy atom. The standard InChI is InChI=1S/C24H28N6O3/c1-2-33-23(31)20-8-9-22(25-17-20)28-11-5-12-29(15-14-28)24(32)27-21-7-3-6-19(16-21)18-30-13-4-10-26-30/h3-4,6-10,13,16-17H,2,5,11-12,14-15,18H2,1H3,(H,27,32). The molecule has 172 valence electrons. The van der Waals surface area contributed by atoms with Crippen molar-refractivity contribution in [1.29, 1.82) is 0 Å². The molecule has 33 heavy (non-hydrogen) atoms. The van der Waals surface area contributed by atoms with Crippen molar-refractivity contribution in [3.63, 3.8) is 0 Å². The molecule has 0 atom stereocenters. The quantitative estimate of drug-likeness (QED) is 0.582. The van der Waals surface area contributed by atoms with Gasteiger partial charge in [-0.1, -0.05) is 12.1 Å². The molecule has 0 unspecified atom stereocenters. The van der Waals surface area contributed by atoms with E-state index in [0.717, 1.165) is 30.0 Å². The van der Waals surface area contributed by atoms with Crippen LogP contribution < -0.4 is 10.2 Å². The average molecular weight is 449 g/mol. The Labute approximate surface area is 193 Å². The van der Waals surface area contributed by atoms with Crippen LogP contribution in [0.1, 0.15) is 29.3 Å². The zero-order valence-electron chi connectivity index (χ0n) is 18.7. The van der Waals surface area contributed by atoms with E-state index in [1.807, 2.05) is 52.2 Å². The number of carbonyl (C=O) groups excluding carboxylic acids is 2. The minimum absolute atomic E-state index is 0.112. The van der Waals surface area contributed by atoms with E-state index < -0.39 is 0 Å². The number of amides is 2. The molecular weight excluding hydrogens is 420 g/mol. The SMILES string of the molecule is CCOC(=O)c1ccc(N2CCCN(C(=O)Nc3cccc(Cn4cccn4)c3)CC2)nc1. The van der Waals surface area contributed by atoms with E-state index in [1.54, 1.807) is 25.4 Å². The Balaban J connectivity index is 1.33. The first kappa shape index (κ1) is 22.3. The van der Waals surface area contributed by atoms with E-state index in [4.69, 9.17) is 4.74 Å². The number of carbonyl (C=O) groups is 2. The summed E-state index contributed by atoms with van der Waals surface area (Å²) < 4.78 is 6.85. The number of nitrogens with zero attached hydrogens (tertiary/aromatic N) is 5. The second kappa shape index (κ2) is 10.6. The largest absolute Gasteiger partial charge is 0.462 e. The van der Waals surface area contributed by atoms with Crippen LogP contribution in [0.3, 0.4) is 0 Å². The Bertz CT molecular complexity index is 1070. The normalized spacial score (nSPS) is 14.0. The fourth-order valence-electron chi connectivity index (χ4n) is 3.79. The number of pyridine rings is 1. The van der Waals surface area contributed by atoms with Crippen LogP contribution in [-0.2, 0) is 11.3 Å². The highest BCUT2D eigenvalue weighted by molar-refractivity contribution is 5.90. The number of benzene rings is 1.